The van der Waals surface area contributed by atoms with Crippen LogP contribution in [0.1, 0.15) is 33.1 Å². The Morgan fingerprint density at radius 2 is 1.89 bits per heavy atom. The summed E-state index contributed by atoms with van der Waals surface area (Å²) in [5.74, 6) is -1.92. The molecule has 5 heteroatoms. The summed E-state index contributed by atoms with van der Waals surface area (Å²) in [4.78, 5) is 22.8. The summed E-state index contributed by atoms with van der Waals surface area (Å²) in [6.45, 7) is 5.01. The van der Waals surface area contributed by atoms with Crippen molar-refractivity contribution in [1.29, 1.82) is 0 Å². The highest BCUT2D eigenvalue weighted by molar-refractivity contribution is 5.91. The highest BCUT2D eigenvalue weighted by Crippen LogP contribution is 2.58. The molecule has 1 fully saturated rings. The molecule has 18 heavy (non-hydrogen) atoms. The molecule has 2 unspecified atom stereocenters. The highest BCUT2D eigenvalue weighted by atomic mass is 16.5. The van der Waals surface area contributed by atoms with E-state index in [0.717, 1.165) is 25.9 Å². The van der Waals surface area contributed by atoms with Gasteiger partial charge < -0.3 is 15.2 Å². The lowest BCUT2D eigenvalue weighted by Crippen LogP contribution is -2.28. The molecule has 1 saturated carbocycles. The third-order valence-electron chi connectivity index (χ3n) is 3.70. The first-order valence-corrected chi connectivity index (χ1v) is 6.42. The van der Waals surface area contributed by atoms with Gasteiger partial charge in [-0.3, -0.25) is 9.59 Å². The second kappa shape index (κ2) is 6.18. The fourth-order valence-electron chi connectivity index (χ4n) is 2.46. The summed E-state index contributed by atoms with van der Waals surface area (Å²) in [5, 5.41) is 11.8. The van der Waals surface area contributed by atoms with E-state index in [4.69, 9.17) is 9.84 Å². The van der Waals surface area contributed by atoms with E-state index in [0.29, 0.717) is 6.54 Å². The van der Waals surface area contributed by atoms with E-state index in [1.54, 1.807) is 7.11 Å². The summed E-state index contributed by atoms with van der Waals surface area (Å²) in [6.07, 6.45) is 2.89. The van der Waals surface area contributed by atoms with E-state index in [9.17, 15) is 9.59 Å². The number of carbonyl (C=O) groups is 2. The van der Waals surface area contributed by atoms with E-state index in [1.165, 1.54) is 0 Å². The Bertz CT molecular complexity index is 314. The van der Waals surface area contributed by atoms with Gasteiger partial charge in [-0.05, 0) is 24.7 Å². The lowest BCUT2D eigenvalue weighted by atomic mass is 10.1. The van der Waals surface area contributed by atoms with Crippen molar-refractivity contribution >= 4 is 11.9 Å². The van der Waals surface area contributed by atoms with Crippen molar-refractivity contribution in [3.8, 4) is 0 Å². The molecule has 0 aliphatic heterocycles. The van der Waals surface area contributed by atoms with Gasteiger partial charge in [0.15, 0.2) is 0 Å². The van der Waals surface area contributed by atoms with Gasteiger partial charge in [-0.15, -0.1) is 0 Å². The summed E-state index contributed by atoms with van der Waals surface area (Å²) >= 11 is 0. The fraction of sp³-hybridized carbons (Fsp3) is 0.846. The minimum absolute atomic E-state index is 0.126. The second-order valence-electron chi connectivity index (χ2n) is 5.46. The van der Waals surface area contributed by atoms with Crippen LogP contribution in [0.4, 0.5) is 0 Å². The Hall–Kier alpha value is -1.10. The molecule has 0 saturated heterocycles. The molecule has 1 aliphatic carbocycles. The van der Waals surface area contributed by atoms with Gasteiger partial charge in [-0.25, -0.2) is 0 Å². The largest absolute Gasteiger partial charge is 0.481 e. The number of methoxy groups -OCH3 is 1. The van der Waals surface area contributed by atoms with Gasteiger partial charge in [-0.1, -0.05) is 13.8 Å². The fourth-order valence-corrected chi connectivity index (χ4v) is 2.46. The maximum atomic E-state index is 11.8. The van der Waals surface area contributed by atoms with Gasteiger partial charge in [0.25, 0.3) is 0 Å². The number of hydrogen-bond acceptors (Lipinski definition) is 3. The average molecular weight is 257 g/mol. The Morgan fingerprint density at radius 1 is 1.22 bits per heavy atom. The van der Waals surface area contributed by atoms with E-state index < -0.39 is 17.3 Å². The highest BCUT2D eigenvalue weighted by Gasteiger charge is 2.65. The number of hydrogen-bond donors (Lipinski definition) is 2. The van der Waals surface area contributed by atoms with Gasteiger partial charge in [0.05, 0.1) is 11.8 Å². The first-order chi connectivity index (χ1) is 8.42. The van der Waals surface area contributed by atoms with E-state index in [-0.39, 0.29) is 11.8 Å². The van der Waals surface area contributed by atoms with Crippen LogP contribution in [0.15, 0.2) is 0 Å². The van der Waals surface area contributed by atoms with Crippen LogP contribution >= 0.6 is 0 Å². The van der Waals surface area contributed by atoms with Crippen molar-refractivity contribution in [3.05, 3.63) is 0 Å². The molecular formula is C13H23NO4. The molecule has 1 rings (SSSR count). The molecular weight excluding hydrogens is 234 g/mol. The van der Waals surface area contributed by atoms with E-state index in [2.05, 4.69) is 5.32 Å². The van der Waals surface area contributed by atoms with Crippen LogP contribution in [0.2, 0.25) is 0 Å². The Balaban J connectivity index is 2.21. The Kier molecular flexibility index (Phi) is 5.14. The molecule has 1 aliphatic rings. The maximum absolute atomic E-state index is 11.8. The number of ether oxygens (including phenoxy) is 1. The Labute approximate surface area is 108 Å². The molecule has 0 radical (unpaired) electrons. The van der Waals surface area contributed by atoms with Crippen LogP contribution in [-0.4, -0.2) is 37.2 Å². The molecule has 0 bridgehead atoms. The van der Waals surface area contributed by atoms with Crippen LogP contribution in [0.3, 0.4) is 0 Å². The molecule has 2 atom stereocenters. The molecule has 0 heterocycles. The molecule has 2 N–H and O–H groups in total. The monoisotopic (exact) mass is 257 g/mol. The SMILES string of the molecule is COCCCCCNC(=O)C1C(C(=O)O)C1(C)C. The average Bonchev–Trinajstić information content (AvgIpc) is 2.86. The van der Waals surface area contributed by atoms with Crippen molar-refractivity contribution in [2.24, 2.45) is 17.3 Å². The van der Waals surface area contributed by atoms with Crippen LogP contribution in [0.25, 0.3) is 0 Å². The van der Waals surface area contributed by atoms with Gasteiger partial charge in [0.2, 0.25) is 5.91 Å². The minimum Gasteiger partial charge on any atom is -0.481 e. The molecule has 5 nitrogen and oxygen atoms in total. The van der Waals surface area contributed by atoms with E-state index >= 15 is 0 Å². The predicted molar refractivity (Wildman–Crippen MR) is 67.1 cm³/mol. The smallest absolute Gasteiger partial charge is 0.307 e. The standard InChI is InChI=1S/C13H23NO4/c1-13(2)9(10(13)12(16)17)11(15)14-7-5-4-6-8-18-3/h9-10H,4-8H2,1-3H3,(H,14,15)(H,16,17). The number of carboxylic acid groups (broad SMARTS) is 1. The van der Waals surface area contributed by atoms with Crippen LogP contribution in [-0.2, 0) is 14.3 Å². The lowest BCUT2D eigenvalue weighted by molar-refractivity contribution is -0.140. The maximum Gasteiger partial charge on any atom is 0.307 e. The number of aliphatic carboxylic acids is 1. The van der Waals surface area contributed by atoms with Crippen molar-refractivity contribution in [3.63, 3.8) is 0 Å². The summed E-state index contributed by atoms with van der Waals surface area (Å²) in [5.41, 5.74) is -0.411. The summed E-state index contributed by atoms with van der Waals surface area (Å²) < 4.78 is 4.93. The van der Waals surface area contributed by atoms with Crippen molar-refractivity contribution < 1.29 is 19.4 Å². The van der Waals surface area contributed by atoms with Crippen molar-refractivity contribution in [2.75, 3.05) is 20.3 Å². The zero-order valence-corrected chi connectivity index (χ0v) is 11.4. The zero-order valence-electron chi connectivity index (χ0n) is 11.4. The topological polar surface area (TPSA) is 75.6 Å². The minimum atomic E-state index is -0.875. The van der Waals surface area contributed by atoms with Crippen molar-refractivity contribution in [1.82, 2.24) is 5.32 Å². The quantitative estimate of drug-likeness (QED) is 0.642. The van der Waals surface area contributed by atoms with Crippen LogP contribution < -0.4 is 5.32 Å². The molecule has 0 aromatic rings. The number of amides is 1. The van der Waals surface area contributed by atoms with Gasteiger partial charge >= 0.3 is 5.97 Å². The van der Waals surface area contributed by atoms with Gasteiger partial charge in [-0.2, -0.15) is 0 Å². The normalized spacial score (nSPS) is 24.6. The third kappa shape index (κ3) is 3.45. The van der Waals surface area contributed by atoms with Crippen LogP contribution in [0, 0.1) is 17.3 Å². The number of rotatable bonds is 8. The summed E-state index contributed by atoms with van der Waals surface area (Å²) in [7, 11) is 1.67. The Morgan fingerprint density at radius 3 is 2.39 bits per heavy atom. The number of carbonyl (C=O) groups excluding carboxylic acids is 1. The first-order valence-electron chi connectivity index (χ1n) is 6.42. The predicted octanol–water partition coefficient (Wildman–Crippen LogP) is 1.28. The van der Waals surface area contributed by atoms with Crippen LogP contribution in [0.5, 0.6) is 0 Å². The molecule has 0 spiro atoms. The molecule has 104 valence electrons. The van der Waals surface area contributed by atoms with Gasteiger partial charge in [0, 0.05) is 20.3 Å². The molecule has 0 aromatic carbocycles. The number of nitrogens with one attached hydrogen (secondary N) is 1. The van der Waals surface area contributed by atoms with E-state index in [1.807, 2.05) is 13.8 Å². The first kappa shape index (κ1) is 15.0. The van der Waals surface area contributed by atoms with Gasteiger partial charge in [0.1, 0.15) is 0 Å². The number of unbranched alkanes of at least 4 members (excludes halogenated alkanes) is 2. The van der Waals surface area contributed by atoms with Crippen molar-refractivity contribution in [2.45, 2.75) is 33.1 Å². The molecule has 0 aromatic heterocycles. The third-order valence-corrected chi connectivity index (χ3v) is 3.70. The second-order valence-corrected chi connectivity index (χ2v) is 5.46. The lowest BCUT2D eigenvalue weighted by Gasteiger charge is -2.05. The summed E-state index contributed by atoms with van der Waals surface area (Å²) in [6, 6.07) is 0. The molecule has 1 amide bonds. The number of carboxylic acids is 1. The zero-order chi connectivity index (χ0) is 13.8.